The Labute approximate surface area is 109 Å². The number of nitrogens with one attached hydrogen (secondary N) is 1. The molecule has 0 saturated heterocycles. The summed E-state index contributed by atoms with van der Waals surface area (Å²) >= 11 is 1.49. The van der Waals surface area contributed by atoms with Gasteiger partial charge in [-0.05, 0) is 26.0 Å². The molecule has 1 N–H and O–H groups in total. The third-order valence-electron chi connectivity index (χ3n) is 2.13. The Kier molecular flexibility index (Phi) is 3.88. The average molecular weight is 263 g/mol. The highest BCUT2D eigenvalue weighted by molar-refractivity contribution is 7.13. The molecule has 18 heavy (non-hydrogen) atoms. The third-order valence-corrected chi connectivity index (χ3v) is 3.00. The summed E-state index contributed by atoms with van der Waals surface area (Å²) in [6.45, 7) is 4.05. The van der Waals surface area contributed by atoms with Crippen molar-refractivity contribution < 1.29 is 9.53 Å². The van der Waals surface area contributed by atoms with E-state index in [1.807, 2.05) is 12.3 Å². The van der Waals surface area contributed by atoms with Crippen molar-refractivity contribution in [1.29, 1.82) is 0 Å². The van der Waals surface area contributed by atoms with Gasteiger partial charge in [0.25, 0.3) is 0 Å². The van der Waals surface area contributed by atoms with Crippen molar-refractivity contribution in [2.24, 2.45) is 0 Å². The van der Waals surface area contributed by atoms with Crippen LogP contribution in [-0.4, -0.2) is 22.5 Å². The molecule has 0 saturated carbocycles. The lowest BCUT2D eigenvalue weighted by atomic mass is 10.2. The van der Waals surface area contributed by atoms with E-state index in [1.54, 1.807) is 25.3 Å². The Balaban J connectivity index is 2.14. The van der Waals surface area contributed by atoms with Crippen LogP contribution in [0.5, 0.6) is 0 Å². The van der Waals surface area contributed by atoms with Crippen LogP contribution in [0.3, 0.4) is 0 Å². The molecule has 0 spiro atoms. The summed E-state index contributed by atoms with van der Waals surface area (Å²) in [7, 11) is 0. The summed E-state index contributed by atoms with van der Waals surface area (Å²) in [6, 6.07) is 3.27. The molecule has 94 valence electrons. The number of carbonyl (C=O) groups excluding carboxylic acids is 1. The van der Waals surface area contributed by atoms with E-state index in [2.05, 4.69) is 15.3 Å². The molecule has 0 bridgehead atoms. The maximum absolute atomic E-state index is 11.6. The van der Waals surface area contributed by atoms with Crippen molar-refractivity contribution in [3.8, 4) is 0 Å². The van der Waals surface area contributed by atoms with Crippen LogP contribution in [-0.2, 0) is 4.74 Å². The summed E-state index contributed by atoms with van der Waals surface area (Å²) in [4.78, 5) is 20.0. The second-order valence-electron chi connectivity index (χ2n) is 3.57. The molecule has 0 fully saturated rings. The SMILES string of the molecule is CCOC(=O)c1ccnc(Nc2nc(C)cs2)c1. The fraction of sp³-hybridized carbons (Fsp3) is 0.250. The molecular formula is C12H13N3O2S. The van der Waals surface area contributed by atoms with Crippen LogP contribution < -0.4 is 5.32 Å². The number of hydrogen-bond acceptors (Lipinski definition) is 6. The molecular weight excluding hydrogens is 250 g/mol. The lowest BCUT2D eigenvalue weighted by Crippen LogP contribution is -2.05. The van der Waals surface area contributed by atoms with Crippen LogP contribution in [0.15, 0.2) is 23.7 Å². The number of hydrogen-bond donors (Lipinski definition) is 1. The normalized spacial score (nSPS) is 10.1. The van der Waals surface area contributed by atoms with Crippen molar-refractivity contribution >= 4 is 28.3 Å². The fourth-order valence-electron chi connectivity index (χ4n) is 1.36. The molecule has 0 atom stereocenters. The first kappa shape index (κ1) is 12.5. The van der Waals surface area contributed by atoms with Crippen molar-refractivity contribution in [3.05, 3.63) is 35.0 Å². The van der Waals surface area contributed by atoms with Crippen molar-refractivity contribution in [2.75, 3.05) is 11.9 Å². The van der Waals surface area contributed by atoms with Gasteiger partial charge in [-0.1, -0.05) is 0 Å². The Morgan fingerprint density at radius 2 is 2.39 bits per heavy atom. The Bertz CT molecular complexity index is 554. The van der Waals surface area contributed by atoms with E-state index in [-0.39, 0.29) is 5.97 Å². The van der Waals surface area contributed by atoms with E-state index in [1.165, 1.54) is 11.3 Å². The smallest absolute Gasteiger partial charge is 0.338 e. The number of nitrogens with zero attached hydrogens (tertiary/aromatic N) is 2. The lowest BCUT2D eigenvalue weighted by Gasteiger charge is -2.04. The Morgan fingerprint density at radius 1 is 1.56 bits per heavy atom. The Hall–Kier alpha value is -1.95. The van der Waals surface area contributed by atoms with Gasteiger partial charge in [-0.15, -0.1) is 11.3 Å². The van der Waals surface area contributed by atoms with Crippen LogP contribution in [0.4, 0.5) is 10.9 Å². The molecule has 0 aliphatic carbocycles. The van der Waals surface area contributed by atoms with Crippen LogP contribution in [0.25, 0.3) is 0 Å². The first-order valence-corrected chi connectivity index (χ1v) is 6.39. The van der Waals surface area contributed by atoms with Crippen molar-refractivity contribution in [2.45, 2.75) is 13.8 Å². The van der Waals surface area contributed by atoms with Gasteiger partial charge in [0.05, 0.1) is 17.9 Å². The van der Waals surface area contributed by atoms with Gasteiger partial charge in [-0.25, -0.2) is 14.8 Å². The predicted octanol–water partition coefficient (Wildman–Crippen LogP) is 2.77. The van der Waals surface area contributed by atoms with Gasteiger partial charge >= 0.3 is 5.97 Å². The van der Waals surface area contributed by atoms with E-state index >= 15 is 0 Å². The largest absolute Gasteiger partial charge is 0.462 e. The molecule has 0 aliphatic heterocycles. The lowest BCUT2D eigenvalue weighted by molar-refractivity contribution is 0.0526. The first-order chi connectivity index (χ1) is 8.69. The number of esters is 1. The third kappa shape index (κ3) is 3.04. The zero-order valence-electron chi connectivity index (χ0n) is 10.1. The summed E-state index contributed by atoms with van der Waals surface area (Å²) in [5.41, 5.74) is 1.42. The quantitative estimate of drug-likeness (QED) is 0.859. The number of aromatic nitrogens is 2. The van der Waals surface area contributed by atoms with Gasteiger partial charge in [-0.2, -0.15) is 0 Å². The highest BCUT2D eigenvalue weighted by Gasteiger charge is 2.08. The van der Waals surface area contributed by atoms with Gasteiger partial charge in [0.15, 0.2) is 5.13 Å². The molecule has 0 radical (unpaired) electrons. The highest BCUT2D eigenvalue weighted by atomic mass is 32.1. The van der Waals surface area contributed by atoms with Crippen molar-refractivity contribution in [3.63, 3.8) is 0 Å². The summed E-state index contributed by atoms with van der Waals surface area (Å²) in [6.07, 6.45) is 1.56. The van der Waals surface area contributed by atoms with Gasteiger partial charge < -0.3 is 10.1 Å². The fourth-order valence-corrected chi connectivity index (χ4v) is 2.06. The molecule has 0 amide bonds. The van der Waals surface area contributed by atoms with E-state index in [0.29, 0.717) is 18.0 Å². The first-order valence-electron chi connectivity index (χ1n) is 5.51. The number of thiazole rings is 1. The molecule has 0 unspecified atom stereocenters. The zero-order valence-corrected chi connectivity index (χ0v) is 11.0. The molecule has 2 rings (SSSR count). The predicted molar refractivity (Wildman–Crippen MR) is 70.3 cm³/mol. The molecule has 2 aromatic rings. The molecule has 2 heterocycles. The summed E-state index contributed by atoms with van der Waals surface area (Å²) in [5, 5.41) is 5.74. The van der Waals surface area contributed by atoms with Crippen LogP contribution >= 0.6 is 11.3 Å². The number of carbonyl (C=O) groups is 1. The monoisotopic (exact) mass is 263 g/mol. The molecule has 0 aromatic carbocycles. The van der Waals surface area contributed by atoms with E-state index in [4.69, 9.17) is 4.74 Å². The number of aryl methyl sites for hydroxylation is 1. The van der Waals surface area contributed by atoms with Crippen LogP contribution in [0.1, 0.15) is 23.0 Å². The van der Waals surface area contributed by atoms with Crippen molar-refractivity contribution in [1.82, 2.24) is 9.97 Å². The second-order valence-corrected chi connectivity index (χ2v) is 4.43. The minimum Gasteiger partial charge on any atom is -0.462 e. The minimum atomic E-state index is -0.349. The number of anilines is 2. The number of rotatable bonds is 4. The van der Waals surface area contributed by atoms with E-state index < -0.39 is 0 Å². The second kappa shape index (κ2) is 5.59. The summed E-state index contributed by atoms with van der Waals surface area (Å²) < 4.78 is 4.93. The Morgan fingerprint density at radius 3 is 3.06 bits per heavy atom. The minimum absolute atomic E-state index is 0.349. The van der Waals surface area contributed by atoms with Crippen LogP contribution in [0, 0.1) is 6.92 Å². The van der Waals surface area contributed by atoms with Gasteiger partial charge in [-0.3, -0.25) is 0 Å². The average Bonchev–Trinajstić information content (AvgIpc) is 2.75. The van der Waals surface area contributed by atoms with Gasteiger partial charge in [0.2, 0.25) is 0 Å². The van der Waals surface area contributed by atoms with Gasteiger partial charge in [0.1, 0.15) is 5.82 Å². The maximum atomic E-state index is 11.6. The van der Waals surface area contributed by atoms with Crippen LogP contribution in [0.2, 0.25) is 0 Å². The topological polar surface area (TPSA) is 64.1 Å². The molecule has 6 heteroatoms. The number of pyridine rings is 1. The number of ether oxygens (including phenoxy) is 1. The summed E-state index contributed by atoms with van der Waals surface area (Å²) in [5.74, 6) is 0.230. The van der Waals surface area contributed by atoms with Gasteiger partial charge in [0, 0.05) is 11.6 Å². The standard InChI is InChI=1S/C12H13N3O2S/c1-3-17-11(16)9-4-5-13-10(6-9)15-12-14-8(2)7-18-12/h4-7H,3H2,1-2H3,(H,13,14,15). The zero-order chi connectivity index (χ0) is 13.0. The molecule has 5 nitrogen and oxygen atoms in total. The molecule has 2 aromatic heterocycles. The van der Waals surface area contributed by atoms with E-state index in [9.17, 15) is 4.79 Å². The highest BCUT2D eigenvalue weighted by Crippen LogP contribution is 2.19. The maximum Gasteiger partial charge on any atom is 0.338 e. The van der Waals surface area contributed by atoms with E-state index in [0.717, 1.165) is 10.8 Å². The molecule has 0 aliphatic rings.